The second-order valence-corrected chi connectivity index (χ2v) is 22.0. The summed E-state index contributed by atoms with van der Waals surface area (Å²) in [6.07, 6.45) is 96.0. The summed E-state index contributed by atoms with van der Waals surface area (Å²) in [5.74, 6) is -0.915. The van der Waals surface area contributed by atoms with Crippen molar-refractivity contribution < 1.29 is 28.6 Å². The number of carbonyl (C=O) groups excluding carboxylic acids is 3. The van der Waals surface area contributed by atoms with E-state index in [1.807, 2.05) is 0 Å². The van der Waals surface area contributed by atoms with Crippen LogP contribution in [0, 0.1) is 0 Å². The number of hydrogen-bond donors (Lipinski definition) is 0. The van der Waals surface area contributed by atoms with Crippen molar-refractivity contribution in [3.8, 4) is 0 Å². The Kier molecular flexibility index (Phi) is 64.3. The minimum absolute atomic E-state index is 0.0924. The van der Waals surface area contributed by atoms with E-state index in [2.05, 4.69) is 154 Å². The maximum absolute atomic E-state index is 12.9. The number of esters is 3. The van der Waals surface area contributed by atoms with E-state index in [0.29, 0.717) is 19.3 Å². The summed E-state index contributed by atoms with van der Waals surface area (Å²) in [7, 11) is 0. The van der Waals surface area contributed by atoms with E-state index in [9.17, 15) is 14.4 Å². The quantitative estimate of drug-likeness (QED) is 0.0261. The van der Waals surface area contributed by atoms with Gasteiger partial charge >= 0.3 is 17.9 Å². The molecule has 0 aliphatic heterocycles. The molecule has 0 aromatic carbocycles. The second-order valence-electron chi connectivity index (χ2n) is 22.0. The van der Waals surface area contributed by atoms with Crippen LogP contribution in [0.15, 0.2) is 134 Å². The molecule has 6 nitrogen and oxygen atoms in total. The Hall–Kier alpha value is -4.45. The molecule has 0 saturated heterocycles. The number of ether oxygens (including phenoxy) is 3. The van der Waals surface area contributed by atoms with Crippen LogP contribution in [-0.4, -0.2) is 37.2 Å². The van der Waals surface area contributed by atoms with E-state index >= 15 is 0 Å². The molecule has 0 amide bonds. The second kappa shape index (κ2) is 68.1. The highest BCUT2D eigenvalue weighted by atomic mass is 16.6. The number of allylic oxidation sites excluding steroid dienone is 22. The van der Waals surface area contributed by atoms with E-state index < -0.39 is 6.10 Å². The SMILES string of the molecule is CC/C=C\C/C=C\C/C=C\C/C=C\C/C=C\CCCCCCCC(=O)OC(COC(=O)CCCCCCCCC/C=C\C/C=C\CCCCC)COC(=O)CCCCCCCCCCCCCC/C=C\C/C=C\C/C=C\C/C=C\CC. The van der Waals surface area contributed by atoms with Crippen molar-refractivity contribution in [1.29, 1.82) is 0 Å². The molecule has 0 fully saturated rings. The van der Waals surface area contributed by atoms with Gasteiger partial charge in [-0.15, -0.1) is 0 Å². The monoisotopic (exact) mass is 1120 g/mol. The van der Waals surface area contributed by atoms with Gasteiger partial charge in [-0.25, -0.2) is 0 Å². The van der Waals surface area contributed by atoms with Gasteiger partial charge in [0.25, 0.3) is 0 Å². The molecule has 460 valence electrons. The zero-order valence-corrected chi connectivity index (χ0v) is 52.8. The first-order valence-electron chi connectivity index (χ1n) is 33.7. The van der Waals surface area contributed by atoms with E-state index in [0.717, 1.165) is 148 Å². The number of unbranched alkanes of at least 4 members (excludes halogenated alkanes) is 27. The lowest BCUT2D eigenvalue weighted by Gasteiger charge is -2.18. The highest BCUT2D eigenvalue weighted by molar-refractivity contribution is 5.71. The molecule has 0 bridgehead atoms. The fourth-order valence-electron chi connectivity index (χ4n) is 9.14. The molecule has 0 aromatic rings. The summed E-state index contributed by atoms with van der Waals surface area (Å²) >= 11 is 0. The third kappa shape index (κ3) is 66.2. The first-order chi connectivity index (χ1) is 40.0. The molecular formula is C75H124O6. The lowest BCUT2D eigenvalue weighted by molar-refractivity contribution is -0.167. The van der Waals surface area contributed by atoms with Crippen LogP contribution in [-0.2, 0) is 28.6 Å². The molecule has 1 atom stereocenters. The minimum Gasteiger partial charge on any atom is -0.462 e. The summed E-state index contributed by atoms with van der Waals surface area (Å²) in [5.41, 5.74) is 0. The van der Waals surface area contributed by atoms with Crippen molar-refractivity contribution >= 4 is 17.9 Å². The Morgan fingerprint density at radius 1 is 0.259 bits per heavy atom. The first-order valence-corrected chi connectivity index (χ1v) is 33.7. The van der Waals surface area contributed by atoms with E-state index in [4.69, 9.17) is 14.2 Å². The molecular weight excluding hydrogens is 997 g/mol. The molecule has 0 spiro atoms. The topological polar surface area (TPSA) is 78.9 Å². The predicted molar refractivity (Wildman–Crippen MR) is 353 cm³/mol. The Morgan fingerprint density at radius 3 is 0.753 bits per heavy atom. The summed E-state index contributed by atoms with van der Waals surface area (Å²) in [6.45, 7) is 6.39. The molecule has 0 aliphatic carbocycles. The molecule has 0 radical (unpaired) electrons. The van der Waals surface area contributed by atoms with Crippen molar-refractivity contribution in [2.24, 2.45) is 0 Å². The Labute approximate surface area is 500 Å². The maximum Gasteiger partial charge on any atom is 0.306 e. The van der Waals surface area contributed by atoms with Crippen LogP contribution in [0.5, 0.6) is 0 Å². The van der Waals surface area contributed by atoms with Crippen molar-refractivity contribution in [2.75, 3.05) is 13.2 Å². The smallest absolute Gasteiger partial charge is 0.306 e. The maximum atomic E-state index is 12.9. The molecule has 0 rings (SSSR count). The molecule has 0 aromatic heterocycles. The Balaban J connectivity index is 4.42. The molecule has 0 saturated carbocycles. The van der Waals surface area contributed by atoms with Crippen LogP contribution < -0.4 is 0 Å². The third-order valence-corrected chi connectivity index (χ3v) is 14.1. The van der Waals surface area contributed by atoms with Crippen molar-refractivity contribution in [1.82, 2.24) is 0 Å². The average molecular weight is 1120 g/mol. The highest BCUT2D eigenvalue weighted by Gasteiger charge is 2.19. The van der Waals surface area contributed by atoms with Gasteiger partial charge in [-0.1, -0.05) is 283 Å². The van der Waals surface area contributed by atoms with Gasteiger partial charge in [-0.2, -0.15) is 0 Å². The summed E-state index contributed by atoms with van der Waals surface area (Å²) in [6, 6.07) is 0. The summed E-state index contributed by atoms with van der Waals surface area (Å²) < 4.78 is 17.0. The first kappa shape index (κ1) is 76.5. The number of carbonyl (C=O) groups is 3. The van der Waals surface area contributed by atoms with Crippen LogP contribution in [0.3, 0.4) is 0 Å². The Bertz CT molecular complexity index is 1720. The predicted octanol–water partition coefficient (Wildman–Crippen LogP) is 23.3. The standard InChI is InChI=1S/C75H124O6/c1-4-7-10-13-16-19-22-25-28-31-33-35-36-37-38-40-41-44-47-50-53-56-59-62-65-68-74(77)80-71-72(70-79-73(76)67-64-61-58-55-52-49-46-43-30-27-24-21-18-15-12-9-6-3)81-75(78)69-66-63-60-57-54-51-48-45-42-39-34-32-29-26-23-20-17-14-11-8-5-2/h7-8,10-11,16-21,25-30,33-35,39,45,48,72H,4-6,9,12-15,22-24,31-32,36-38,40-44,46-47,49-71H2,1-3H3/b10-7-,11-8-,19-16-,20-17-,21-18-,28-25-,29-26-,30-27-,35-33-,39-34-,48-45-. The van der Waals surface area contributed by atoms with Gasteiger partial charge in [0.15, 0.2) is 6.10 Å². The fraction of sp³-hybridized carbons (Fsp3) is 0.667. The average Bonchev–Trinajstić information content (AvgIpc) is 3.47. The lowest BCUT2D eigenvalue weighted by atomic mass is 10.0. The van der Waals surface area contributed by atoms with Crippen LogP contribution in [0.25, 0.3) is 0 Å². The van der Waals surface area contributed by atoms with E-state index in [1.54, 1.807) is 0 Å². The lowest BCUT2D eigenvalue weighted by Crippen LogP contribution is -2.30. The molecule has 0 heterocycles. The zero-order valence-electron chi connectivity index (χ0n) is 52.8. The van der Waals surface area contributed by atoms with Gasteiger partial charge in [0.05, 0.1) is 0 Å². The van der Waals surface area contributed by atoms with Gasteiger partial charge in [-0.3, -0.25) is 14.4 Å². The van der Waals surface area contributed by atoms with Crippen LogP contribution in [0.2, 0.25) is 0 Å². The van der Waals surface area contributed by atoms with Gasteiger partial charge in [0, 0.05) is 19.3 Å². The van der Waals surface area contributed by atoms with Crippen LogP contribution in [0.4, 0.5) is 0 Å². The molecule has 81 heavy (non-hydrogen) atoms. The number of hydrogen-bond acceptors (Lipinski definition) is 6. The van der Waals surface area contributed by atoms with Crippen molar-refractivity contribution in [2.45, 2.75) is 309 Å². The molecule has 0 aliphatic rings. The third-order valence-electron chi connectivity index (χ3n) is 14.1. The van der Waals surface area contributed by atoms with Gasteiger partial charge in [0.2, 0.25) is 0 Å². The summed E-state index contributed by atoms with van der Waals surface area (Å²) in [5, 5.41) is 0. The molecule has 0 N–H and O–H groups in total. The minimum atomic E-state index is -0.799. The van der Waals surface area contributed by atoms with Crippen molar-refractivity contribution in [3.05, 3.63) is 134 Å². The largest absolute Gasteiger partial charge is 0.462 e. The highest BCUT2D eigenvalue weighted by Crippen LogP contribution is 2.16. The van der Waals surface area contributed by atoms with E-state index in [1.165, 1.54) is 116 Å². The van der Waals surface area contributed by atoms with Gasteiger partial charge in [0.1, 0.15) is 13.2 Å². The zero-order chi connectivity index (χ0) is 58.5. The Morgan fingerprint density at radius 2 is 0.481 bits per heavy atom. The van der Waals surface area contributed by atoms with Crippen LogP contribution >= 0.6 is 0 Å². The fourth-order valence-corrected chi connectivity index (χ4v) is 9.14. The number of rotatable bonds is 60. The normalized spacial score (nSPS) is 13.0. The van der Waals surface area contributed by atoms with Gasteiger partial charge in [-0.05, 0) is 135 Å². The van der Waals surface area contributed by atoms with Gasteiger partial charge < -0.3 is 14.2 Å². The van der Waals surface area contributed by atoms with E-state index in [-0.39, 0.29) is 31.1 Å². The van der Waals surface area contributed by atoms with Crippen molar-refractivity contribution in [3.63, 3.8) is 0 Å². The molecule has 1 unspecified atom stereocenters. The molecule has 6 heteroatoms. The summed E-state index contributed by atoms with van der Waals surface area (Å²) in [4.78, 5) is 38.4. The van der Waals surface area contributed by atoms with Crippen LogP contribution in [0.1, 0.15) is 303 Å².